The molecule has 0 aromatic rings. The highest BCUT2D eigenvalue weighted by Crippen LogP contribution is 2.21. The quantitative estimate of drug-likeness (QED) is 0.625. The molecule has 18 heavy (non-hydrogen) atoms. The first kappa shape index (κ1) is 15.5. The van der Waals surface area contributed by atoms with Crippen molar-refractivity contribution in [2.24, 2.45) is 5.92 Å². The smallest absolute Gasteiger partial charge is 0.306 e. The number of esters is 1. The average Bonchev–Trinajstić information content (AvgIpc) is 2.37. The second-order valence-electron chi connectivity index (χ2n) is 5.78. The van der Waals surface area contributed by atoms with Crippen molar-refractivity contribution in [3.8, 4) is 0 Å². The molecule has 1 aliphatic rings. The Bertz CT molecular complexity index is 225. The van der Waals surface area contributed by atoms with Gasteiger partial charge in [0.15, 0.2) is 0 Å². The zero-order valence-electron chi connectivity index (χ0n) is 12.2. The molecule has 0 aromatic carbocycles. The van der Waals surface area contributed by atoms with Gasteiger partial charge in [0, 0.05) is 6.42 Å². The molecule has 1 fully saturated rings. The van der Waals surface area contributed by atoms with E-state index in [4.69, 9.17) is 4.74 Å². The summed E-state index contributed by atoms with van der Waals surface area (Å²) in [4.78, 5) is 11.7. The normalized spacial score (nSPS) is 29.3. The maximum absolute atomic E-state index is 11.7. The summed E-state index contributed by atoms with van der Waals surface area (Å²) >= 11 is 0. The van der Waals surface area contributed by atoms with Crippen molar-refractivity contribution < 1.29 is 9.53 Å². The summed E-state index contributed by atoms with van der Waals surface area (Å²) in [6.45, 7) is 4.35. The molecule has 1 aliphatic heterocycles. The van der Waals surface area contributed by atoms with Gasteiger partial charge in [0.25, 0.3) is 0 Å². The van der Waals surface area contributed by atoms with Gasteiger partial charge in [0.1, 0.15) is 6.10 Å². The molecule has 2 atom stereocenters. The molecule has 0 aliphatic carbocycles. The summed E-state index contributed by atoms with van der Waals surface area (Å²) in [6, 6.07) is 0. The standard InChI is InChI=1S/C16H30O2/c1-3-15-14(2)12-10-8-6-4-5-7-9-11-13-16(17)18-15/h14-15H,3-13H2,1-2H3/t14-,15?/m1/s1. The van der Waals surface area contributed by atoms with Gasteiger partial charge in [-0.3, -0.25) is 4.79 Å². The van der Waals surface area contributed by atoms with Crippen molar-refractivity contribution in [2.75, 3.05) is 0 Å². The van der Waals surface area contributed by atoms with Gasteiger partial charge in [-0.15, -0.1) is 0 Å². The molecular weight excluding hydrogens is 224 g/mol. The van der Waals surface area contributed by atoms with Crippen molar-refractivity contribution in [1.29, 1.82) is 0 Å². The van der Waals surface area contributed by atoms with Gasteiger partial charge < -0.3 is 4.74 Å². The SMILES string of the molecule is CCC1OC(=O)CCCCCCCCCC[C@H]1C. The molecule has 1 rings (SSSR count). The number of ether oxygens (including phenoxy) is 1. The Balaban J connectivity index is 2.42. The number of hydrogen-bond donors (Lipinski definition) is 0. The molecule has 0 saturated carbocycles. The van der Waals surface area contributed by atoms with Crippen molar-refractivity contribution in [3.63, 3.8) is 0 Å². The second kappa shape index (κ2) is 9.41. The number of carbonyl (C=O) groups is 1. The van der Waals surface area contributed by atoms with Crippen molar-refractivity contribution in [1.82, 2.24) is 0 Å². The molecule has 0 bridgehead atoms. The van der Waals surface area contributed by atoms with Crippen LogP contribution in [0.3, 0.4) is 0 Å². The molecule has 0 N–H and O–H groups in total. The van der Waals surface area contributed by atoms with E-state index < -0.39 is 0 Å². The summed E-state index contributed by atoms with van der Waals surface area (Å²) in [7, 11) is 0. The van der Waals surface area contributed by atoms with Gasteiger partial charge in [-0.05, 0) is 25.2 Å². The van der Waals surface area contributed by atoms with E-state index in [-0.39, 0.29) is 12.1 Å². The lowest BCUT2D eigenvalue weighted by molar-refractivity contribution is -0.152. The van der Waals surface area contributed by atoms with Gasteiger partial charge in [-0.2, -0.15) is 0 Å². The van der Waals surface area contributed by atoms with Crippen LogP contribution in [-0.2, 0) is 9.53 Å². The predicted octanol–water partition coefficient (Wildman–Crippen LogP) is 4.86. The highest BCUT2D eigenvalue weighted by Gasteiger charge is 2.19. The predicted molar refractivity (Wildman–Crippen MR) is 75.5 cm³/mol. The van der Waals surface area contributed by atoms with Crippen LogP contribution in [0.4, 0.5) is 0 Å². The van der Waals surface area contributed by atoms with Crippen molar-refractivity contribution >= 4 is 5.97 Å². The largest absolute Gasteiger partial charge is 0.462 e. The summed E-state index contributed by atoms with van der Waals surface area (Å²) in [5.41, 5.74) is 0. The molecule has 106 valence electrons. The molecule has 1 heterocycles. The van der Waals surface area contributed by atoms with E-state index in [0.717, 1.165) is 12.8 Å². The van der Waals surface area contributed by atoms with Crippen LogP contribution in [0, 0.1) is 5.92 Å². The van der Waals surface area contributed by atoms with Crippen LogP contribution in [0.5, 0.6) is 0 Å². The zero-order chi connectivity index (χ0) is 13.2. The minimum atomic E-state index is 0.0192. The maximum atomic E-state index is 11.7. The van der Waals surface area contributed by atoms with Crippen molar-refractivity contribution in [3.05, 3.63) is 0 Å². The Hall–Kier alpha value is -0.530. The fraction of sp³-hybridized carbons (Fsp3) is 0.938. The Labute approximate surface area is 112 Å². The number of cyclic esters (lactones) is 1. The topological polar surface area (TPSA) is 26.3 Å². The monoisotopic (exact) mass is 254 g/mol. The third-order valence-corrected chi connectivity index (χ3v) is 4.11. The van der Waals surface area contributed by atoms with Crippen LogP contribution in [0.25, 0.3) is 0 Å². The first-order valence-corrected chi connectivity index (χ1v) is 7.93. The van der Waals surface area contributed by atoms with E-state index in [1.165, 1.54) is 51.4 Å². The van der Waals surface area contributed by atoms with E-state index in [0.29, 0.717) is 12.3 Å². The van der Waals surface area contributed by atoms with Crippen LogP contribution >= 0.6 is 0 Å². The molecule has 0 radical (unpaired) electrons. The van der Waals surface area contributed by atoms with Crippen LogP contribution < -0.4 is 0 Å². The fourth-order valence-corrected chi connectivity index (χ4v) is 2.81. The van der Waals surface area contributed by atoms with Gasteiger partial charge >= 0.3 is 5.97 Å². The van der Waals surface area contributed by atoms with Gasteiger partial charge in [0.2, 0.25) is 0 Å². The van der Waals surface area contributed by atoms with Crippen LogP contribution in [0.15, 0.2) is 0 Å². The molecule has 1 saturated heterocycles. The molecule has 2 nitrogen and oxygen atoms in total. The third kappa shape index (κ3) is 6.42. The second-order valence-corrected chi connectivity index (χ2v) is 5.78. The van der Waals surface area contributed by atoms with E-state index >= 15 is 0 Å². The van der Waals surface area contributed by atoms with Gasteiger partial charge in [-0.1, -0.05) is 58.8 Å². The van der Waals surface area contributed by atoms with Gasteiger partial charge in [0.05, 0.1) is 0 Å². The van der Waals surface area contributed by atoms with Crippen LogP contribution in [-0.4, -0.2) is 12.1 Å². The van der Waals surface area contributed by atoms with Crippen LogP contribution in [0.1, 0.15) is 84.5 Å². The average molecular weight is 254 g/mol. The van der Waals surface area contributed by atoms with Gasteiger partial charge in [-0.25, -0.2) is 0 Å². The fourth-order valence-electron chi connectivity index (χ4n) is 2.81. The lowest BCUT2D eigenvalue weighted by Crippen LogP contribution is -2.24. The molecule has 0 amide bonds. The highest BCUT2D eigenvalue weighted by atomic mass is 16.5. The highest BCUT2D eigenvalue weighted by molar-refractivity contribution is 5.69. The molecule has 1 unspecified atom stereocenters. The molecular formula is C16H30O2. The van der Waals surface area contributed by atoms with E-state index in [9.17, 15) is 4.79 Å². The summed E-state index contributed by atoms with van der Waals surface area (Å²) in [5, 5.41) is 0. The summed E-state index contributed by atoms with van der Waals surface area (Å²) in [5.74, 6) is 0.535. The van der Waals surface area contributed by atoms with Crippen molar-refractivity contribution in [2.45, 2.75) is 90.6 Å². The number of rotatable bonds is 1. The van der Waals surface area contributed by atoms with Crippen LogP contribution in [0.2, 0.25) is 0 Å². The minimum absolute atomic E-state index is 0.0192. The first-order valence-electron chi connectivity index (χ1n) is 7.93. The van der Waals surface area contributed by atoms with E-state index in [1.807, 2.05) is 0 Å². The van der Waals surface area contributed by atoms with E-state index in [1.54, 1.807) is 0 Å². The summed E-state index contributed by atoms with van der Waals surface area (Å²) < 4.78 is 5.62. The number of hydrogen-bond acceptors (Lipinski definition) is 2. The lowest BCUT2D eigenvalue weighted by atomic mass is 9.95. The molecule has 0 aromatic heterocycles. The molecule has 0 spiro atoms. The Morgan fingerprint density at radius 2 is 1.56 bits per heavy atom. The Kier molecular flexibility index (Phi) is 8.11. The molecule has 2 heteroatoms. The minimum Gasteiger partial charge on any atom is -0.462 e. The van der Waals surface area contributed by atoms with E-state index in [2.05, 4.69) is 13.8 Å². The summed E-state index contributed by atoms with van der Waals surface area (Å²) in [6.07, 6.45) is 13.1. The number of carbonyl (C=O) groups excluding carboxylic acids is 1. The lowest BCUT2D eigenvalue weighted by Gasteiger charge is -2.23. The Morgan fingerprint density at radius 3 is 2.17 bits per heavy atom. The maximum Gasteiger partial charge on any atom is 0.306 e. The zero-order valence-corrected chi connectivity index (χ0v) is 12.2. The third-order valence-electron chi connectivity index (χ3n) is 4.11. The first-order chi connectivity index (χ1) is 8.74. The Morgan fingerprint density at radius 1 is 1.00 bits per heavy atom.